The average Bonchev–Trinajstić information content (AvgIpc) is 3.15. The second-order valence-electron chi connectivity index (χ2n) is 7.32. The van der Waals surface area contributed by atoms with Gasteiger partial charge in [0.15, 0.2) is 0 Å². The molecule has 4 atom stereocenters. The molecule has 21 heavy (non-hydrogen) atoms. The fraction of sp³-hybridized carbons (Fsp3) is 0.941. The van der Waals surface area contributed by atoms with E-state index >= 15 is 0 Å². The second kappa shape index (κ2) is 6.66. The zero-order valence-electron chi connectivity index (χ0n) is 13.5. The summed E-state index contributed by atoms with van der Waals surface area (Å²) in [6.45, 7) is 6.80. The van der Waals surface area contributed by atoms with E-state index in [0.29, 0.717) is 23.8 Å². The Balaban J connectivity index is 1.50. The summed E-state index contributed by atoms with van der Waals surface area (Å²) in [4.78, 5) is 17.4. The number of carbonyl (C=O) groups excluding carboxylic acids is 1. The van der Waals surface area contributed by atoms with E-state index in [1.54, 1.807) is 0 Å². The number of hydrogen-bond acceptors (Lipinski definition) is 3. The van der Waals surface area contributed by atoms with Gasteiger partial charge in [-0.05, 0) is 37.5 Å². The number of nitrogens with two attached hydrogens (primary N) is 1. The maximum Gasteiger partial charge on any atom is 0.226 e. The molecule has 2 bridgehead atoms. The molecule has 3 aliphatic rings. The zero-order valence-corrected chi connectivity index (χ0v) is 13.5. The van der Waals surface area contributed by atoms with Gasteiger partial charge in [-0.3, -0.25) is 9.69 Å². The molecular formula is C17H31N3O. The number of carbonyl (C=O) groups is 1. The monoisotopic (exact) mass is 293 g/mol. The van der Waals surface area contributed by atoms with Crippen LogP contribution in [-0.2, 0) is 4.79 Å². The fourth-order valence-electron chi connectivity index (χ4n) is 4.87. The minimum Gasteiger partial charge on any atom is -0.340 e. The van der Waals surface area contributed by atoms with Crippen LogP contribution in [0.3, 0.4) is 0 Å². The molecule has 0 aromatic carbocycles. The average molecular weight is 293 g/mol. The molecule has 1 aliphatic heterocycles. The van der Waals surface area contributed by atoms with Crippen molar-refractivity contribution >= 4 is 5.91 Å². The Kier molecular flexibility index (Phi) is 4.85. The van der Waals surface area contributed by atoms with Crippen LogP contribution in [-0.4, -0.2) is 54.5 Å². The number of nitrogens with zero attached hydrogens (tertiary/aromatic N) is 2. The maximum atomic E-state index is 12.7. The lowest BCUT2D eigenvalue weighted by Gasteiger charge is -2.40. The van der Waals surface area contributed by atoms with E-state index in [4.69, 9.17) is 5.73 Å². The Morgan fingerprint density at radius 2 is 1.95 bits per heavy atom. The molecule has 0 radical (unpaired) electrons. The summed E-state index contributed by atoms with van der Waals surface area (Å²) < 4.78 is 0. The van der Waals surface area contributed by atoms with E-state index < -0.39 is 0 Å². The third kappa shape index (κ3) is 3.11. The molecule has 1 saturated heterocycles. The molecule has 0 aromatic heterocycles. The molecule has 120 valence electrons. The molecule has 2 N–H and O–H groups in total. The Morgan fingerprint density at radius 3 is 2.48 bits per heavy atom. The molecule has 4 heteroatoms. The topological polar surface area (TPSA) is 49.6 Å². The highest BCUT2D eigenvalue weighted by atomic mass is 16.2. The van der Waals surface area contributed by atoms with Crippen molar-refractivity contribution in [3.63, 3.8) is 0 Å². The Bertz CT molecular complexity index is 365. The van der Waals surface area contributed by atoms with Crippen molar-refractivity contribution in [2.75, 3.05) is 32.7 Å². The third-order valence-corrected chi connectivity index (χ3v) is 6.09. The second-order valence-corrected chi connectivity index (χ2v) is 7.32. The number of fused-ring (bicyclic) bond motifs is 2. The molecule has 3 rings (SSSR count). The van der Waals surface area contributed by atoms with Gasteiger partial charge in [0.25, 0.3) is 0 Å². The molecule has 4 unspecified atom stereocenters. The normalized spacial score (nSPS) is 34.4. The maximum absolute atomic E-state index is 12.7. The molecule has 3 fully saturated rings. The van der Waals surface area contributed by atoms with Gasteiger partial charge in [0.05, 0.1) is 0 Å². The van der Waals surface area contributed by atoms with Crippen LogP contribution in [0.15, 0.2) is 0 Å². The van der Waals surface area contributed by atoms with Crippen LogP contribution in [0, 0.1) is 17.8 Å². The van der Waals surface area contributed by atoms with Gasteiger partial charge >= 0.3 is 0 Å². The predicted octanol–water partition coefficient (Wildman–Crippen LogP) is 1.69. The first kappa shape index (κ1) is 15.3. The lowest BCUT2D eigenvalue weighted by molar-refractivity contribution is -0.139. The highest BCUT2D eigenvalue weighted by molar-refractivity contribution is 5.79. The molecule has 0 aromatic rings. The summed E-state index contributed by atoms with van der Waals surface area (Å²) in [5.41, 5.74) is 5.90. The SMILES string of the molecule is CCCC(CN)N1CCN(C(=O)C2CC3CCC2C3)CC1. The van der Waals surface area contributed by atoms with Gasteiger partial charge in [-0.25, -0.2) is 0 Å². The molecule has 4 nitrogen and oxygen atoms in total. The number of rotatable bonds is 5. The van der Waals surface area contributed by atoms with E-state index in [9.17, 15) is 4.79 Å². The van der Waals surface area contributed by atoms with Gasteiger partial charge in [0.2, 0.25) is 5.91 Å². The Morgan fingerprint density at radius 1 is 1.19 bits per heavy atom. The molecule has 1 amide bonds. The number of amides is 1. The standard InChI is InChI=1S/C17H31N3O/c1-2-3-15(12-18)19-6-8-20(9-7-19)17(21)16-11-13-4-5-14(16)10-13/h13-16H,2-12,18H2,1H3. The first-order valence-electron chi connectivity index (χ1n) is 8.95. The van der Waals surface area contributed by atoms with E-state index in [0.717, 1.165) is 38.6 Å². The number of piperazine rings is 1. The van der Waals surface area contributed by atoms with Crippen molar-refractivity contribution in [3.05, 3.63) is 0 Å². The minimum atomic E-state index is 0.358. The molecule has 2 aliphatic carbocycles. The van der Waals surface area contributed by atoms with Crippen LogP contribution in [0.25, 0.3) is 0 Å². The highest BCUT2D eigenvalue weighted by Gasteiger charge is 2.44. The van der Waals surface area contributed by atoms with Crippen LogP contribution in [0.5, 0.6) is 0 Å². The summed E-state index contributed by atoms with van der Waals surface area (Å²) >= 11 is 0. The summed E-state index contributed by atoms with van der Waals surface area (Å²) in [7, 11) is 0. The number of hydrogen-bond donors (Lipinski definition) is 1. The largest absolute Gasteiger partial charge is 0.340 e. The van der Waals surface area contributed by atoms with Gasteiger partial charge in [0, 0.05) is 44.7 Å². The van der Waals surface area contributed by atoms with E-state index in [-0.39, 0.29) is 0 Å². The van der Waals surface area contributed by atoms with Crippen molar-refractivity contribution in [2.24, 2.45) is 23.5 Å². The zero-order chi connectivity index (χ0) is 14.8. The van der Waals surface area contributed by atoms with Gasteiger partial charge < -0.3 is 10.6 Å². The first-order chi connectivity index (χ1) is 10.2. The van der Waals surface area contributed by atoms with Crippen molar-refractivity contribution in [1.82, 2.24) is 9.80 Å². The Labute approximate surface area is 129 Å². The quantitative estimate of drug-likeness (QED) is 0.839. The molecule has 0 spiro atoms. The van der Waals surface area contributed by atoms with Crippen molar-refractivity contribution in [2.45, 2.75) is 51.5 Å². The van der Waals surface area contributed by atoms with Gasteiger partial charge in [-0.15, -0.1) is 0 Å². The smallest absolute Gasteiger partial charge is 0.226 e. The van der Waals surface area contributed by atoms with Gasteiger partial charge in [0.1, 0.15) is 0 Å². The molecule has 1 heterocycles. The summed E-state index contributed by atoms with van der Waals surface area (Å²) in [5, 5.41) is 0. The van der Waals surface area contributed by atoms with Gasteiger partial charge in [-0.2, -0.15) is 0 Å². The molecule has 2 saturated carbocycles. The Hall–Kier alpha value is -0.610. The van der Waals surface area contributed by atoms with Crippen LogP contribution >= 0.6 is 0 Å². The predicted molar refractivity (Wildman–Crippen MR) is 84.8 cm³/mol. The van der Waals surface area contributed by atoms with E-state index in [1.807, 2.05) is 0 Å². The van der Waals surface area contributed by atoms with Crippen LogP contribution in [0.4, 0.5) is 0 Å². The fourth-order valence-corrected chi connectivity index (χ4v) is 4.87. The van der Waals surface area contributed by atoms with Gasteiger partial charge in [-0.1, -0.05) is 19.8 Å². The lowest BCUT2D eigenvalue weighted by atomic mass is 9.87. The van der Waals surface area contributed by atoms with Crippen LogP contribution in [0.2, 0.25) is 0 Å². The van der Waals surface area contributed by atoms with Crippen molar-refractivity contribution in [3.8, 4) is 0 Å². The summed E-state index contributed by atoms with van der Waals surface area (Å²) in [5.74, 6) is 2.38. The van der Waals surface area contributed by atoms with Crippen LogP contribution < -0.4 is 5.73 Å². The van der Waals surface area contributed by atoms with Crippen LogP contribution in [0.1, 0.15) is 45.4 Å². The van der Waals surface area contributed by atoms with Crippen molar-refractivity contribution in [1.29, 1.82) is 0 Å². The van der Waals surface area contributed by atoms with Crippen molar-refractivity contribution < 1.29 is 4.79 Å². The summed E-state index contributed by atoms with van der Waals surface area (Å²) in [6, 6.07) is 0.509. The minimum absolute atomic E-state index is 0.358. The molecular weight excluding hydrogens is 262 g/mol. The lowest BCUT2D eigenvalue weighted by Crippen LogP contribution is -2.54. The van der Waals surface area contributed by atoms with E-state index in [2.05, 4.69) is 16.7 Å². The summed E-state index contributed by atoms with van der Waals surface area (Å²) in [6.07, 6.45) is 7.53. The highest BCUT2D eigenvalue weighted by Crippen LogP contribution is 2.48. The van der Waals surface area contributed by atoms with E-state index in [1.165, 1.54) is 38.5 Å². The third-order valence-electron chi connectivity index (χ3n) is 6.09. The first-order valence-corrected chi connectivity index (χ1v) is 8.95.